The van der Waals surface area contributed by atoms with E-state index in [4.69, 9.17) is 0 Å². The van der Waals surface area contributed by atoms with E-state index in [1.54, 1.807) is 12.1 Å². The minimum absolute atomic E-state index is 0.247. The van der Waals surface area contributed by atoms with Gasteiger partial charge in [-0.1, -0.05) is 42.0 Å². The van der Waals surface area contributed by atoms with E-state index in [0.717, 1.165) is 28.8 Å². The number of alkyl halides is 2. The number of hydrogen-bond acceptors (Lipinski definition) is 1. The number of benzene rings is 3. The number of aryl methyl sites for hydroxylation is 1. The molecule has 3 rings (SSSR count). The summed E-state index contributed by atoms with van der Waals surface area (Å²) >= 11 is 0. The highest BCUT2D eigenvalue weighted by atomic mass is 19.3. The van der Waals surface area contributed by atoms with Crippen LogP contribution in [0.2, 0.25) is 0 Å². The van der Waals surface area contributed by atoms with Crippen molar-refractivity contribution in [3.63, 3.8) is 0 Å². The summed E-state index contributed by atoms with van der Waals surface area (Å²) in [5, 5.41) is 0. The second-order valence-corrected chi connectivity index (χ2v) is 6.07. The molecule has 0 aliphatic carbocycles. The molecule has 5 heteroatoms. The van der Waals surface area contributed by atoms with Crippen LogP contribution in [0.3, 0.4) is 0 Å². The molecule has 0 aliphatic heterocycles. The van der Waals surface area contributed by atoms with E-state index < -0.39 is 29.1 Å². The first-order chi connectivity index (χ1) is 12.3. The third-order valence-electron chi connectivity index (χ3n) is 4.11. The Kier molecular flexibility index (Phi) is 4.72. The maximum absolute atomic E-state index is 14.3. The Labute approximate surface area is 148 Å². The summed E-state index contributed by atoms with van der Waals surface area (Å²) in [6.07, 6.45) is -3.72. The summed E-state index contributed by atoms with van der Waals surface area (Å²) in [5.41, 5.74) is 2.12. The van der Waals surface area contributed by atoms with Crippen LogP contribution in [0, 0.1) is 25.5 Å². The van der Waals surface area contributed by atoms with Crippen LogP contribution >= 0.6 is 0 Å². The minimum Gasteiger partial charge on any atom is -0.429 e. The summed E-state index contributed by atoms with van der Waals surface area (Å²) in [6.45, 7) is 3.18. The number of rotatable bonds is 4. The first-order valence-corrected chi connectivity index (χ1v) is 7.96. The van der Waals surface area contributed by atoms with E-state index in [-0.39, 0.29) is 5.56 Å². The molecule has 134 valence electrons. The van der Waals surface area contributed by atoms with Gasteiger partial charge in [0, 0.05) is 17.7 Å². The average molecular weight is 360 g/mol. The topological polar surface area (TPSA) is 9.23 Å². The predicted octanol–water partition coefficient (Wildman–Crippen LogP) is 6.38. The maximum atomic E-state index is 14.3. The monoisotopic (exact) mass is 360 g/mol. The zero-order chi connectivity index (χ0) is 18.9. The SMILES string of the molecule is Cc1ccc(-c2ccc(C(F)(F)Oc3cc(F)c(C)c(F)c3)cc2)cc1. The Morgan fingerprint density at radius 3 is 1.69 bits per heavy atom. The quantitative estimate of drug-likeness (QED) is 0.491. The third-order valence-corrected chi connectivity index (χ3v) is 4.11. The van der Waals surface area contributed by atoms with Crippen LogP contribution in [0.4, 0.5) is 17.6 Å². The fourth-order valence-corrected chi connectivity index (χ4v) is 2.49. The van der Waals surface area contributed by atoms with Crippen molar-refractivity contribution < 1.29 is 22.3 Å². The Morgan fingerprint density at radius 2 is 1.19 bits per heavy atom. The molecule has 0 amide bonds. The van der Waals surface area contributed by atoms with Gasteiger partial charge in [-0.2, -0.15) is 8.78 Å². The molecule has 0 N–H and O–H groups in total. The van der Waals surface area contributed by atoms with Gasteiger partial charge < -0.3 is 4.74 Å². The molecular weight excluding hydrogens is 344 g/mol. The van der Waals surface area contributed by atoms with Gasteiger partial charge in [0.25, 0.3) is 0 Å². The molecule has 1 nitrogen and oxygen atoms in total. The Hall–Kier alpha value is -2.82. The maximum Gasteiger partial charge on any atom is 0.426 e. The van der Waals surface area contributed by atoms with Crippen LogP contribution in [-0.2, 0) is 6.11 Å². The summed E-state index contributed by atoms with van der Waals surface area (Å²) in [5.74, 6) is -2.45. The van der Waals surface area contributed by atoms with Gasteiger partial charge in [0.2, 0.25) is 0 Å². The fraction of sp³-hybridized carbons (Fsp3) is 0.143. The smallest absolute Gasteiger partial charge is 0.426 e. The number of ether oxygens (including phenoxy) is 1. The van der Waals surface area contributed by atoms with Gasteiger partial charge in [0.1, 0.15) is 17.4 Å². The van der Waals surface area contributed by atoms with E-state index in [1.165, 1.54) is 19.1 Å². The molecule has 0 unspecified atom stereocenters. The molecule has 3 aromatic carbocycles. The summed E-state index contributed by atoms with van der Waals surface area (Å²) < 4.78 is 60.2. The Bertz CT molecular complexity index is 893. The van der Waals surface area contributed by atoms with Gasteiger partial charge in [-0.3, -0.25) is 0 Å². The van der Waals surface area contributed by atoms with Gasteiger partial charge in [-0.15, -0.1) is 0 Å². The molecule has 26 heavy (non-hydrogen) atoms. The van der Waals surface area contributed by atoms with Gasteiger partial charge >= 0.3 is 6.11 Å². The molecule has 0 saturated carbocycles. The first kappa shape index (κ1) is 18.0. The number of hydrogen-bond donors (Lipinski definition) is 0. The molecule has 0 heterocycles. The lowest BCUT2D eigenvalue weighted by molar-refractivity contribution is -0.185. The second kappa shape index (κ2) is 6.83. The Morgan fingerprint density at radius 1 is 0.731 bits per heavy atom. The summed E-state index contributed by atoms with van der Waals surface area (Å²) in [4.78, 5) is 0. The molecule has 0 saturated heterocycles. The molecule has 0 atom stereocenters. The standard InChI is InChI=1S/C21H16F4O/c1-13-3-5-15(6-4-13)16-7-9-17(10-8-16)21(24,25)26-18-11-19(22)14(2)20(23)12-18/h3-12H,1-2H3. The van der Waals surface area contributed by atoms with Crippen LogP contribution in [-0.4, -0.2) is 0 Å². The second-order valence-electron chi connectivity index (χ2n) is 6.07. The Balaban J connectivity index is 1.84. The molecule has 0 aliphatic rings. The summed E-state index contributed by atoms with van der Waals surface area (Å²) in [6, 6.07) is 14.7. The highest BCUT2D eigenvalue weighted by Crippen LogP contribution is 2.34. The van der Waals surface area contributed by atoms with Gasteiger partial charge in [0.15, 0.2) is 0 Å². The fourth-order valence-electron chi connectivity index (χ4n) is 2.49. The van der Waals surface area contributed by atoms with Crippen LogP contribution in [0.15, 0.2) is 60.7 Å². The third kappa shape index (κ3) is 3.72. The van der Waals surface area contributed by atoms with E-state index >= 15 is 0 Å². The van der Waals surface area contributed by atoms with Crippen molar-refractivity contribution in [3.8, 4) is 16.9 Å². The normalized spacial score (nSPS) is 11.5. The van der Waals surface area contributed by atoms with Crippen LogP contribution in [0.5, 0.6) is 5.75 Å². The highest BCUT2D eigenvalue weighted by molar-refractivity contribution is 5.64. The lowest BCUT2D eigenvalue weighted by Gasteiger charge is -2.19. The van der Waals surface area contributed by atoms with E-state index in [9.17, 15) is 17.6 Å². The predicted molar refractivity (Wildman–Crippen MR) is 92.2 cm³/mol. The van der Waals surface area contributed by atoms with Gasteiger partial charge in [0.05, 0.1) is 5.56 Å². The molecule has 0 spiro atoms. The van der Waals surface area contributed by atoms with Crippen LogP contribution in [0.1, 0.15) is 16.7 Å². The molecule has 0 bridgehead atoms. The van der Waals surface area contributed by atoms with Crippen molar-refractivity contribution >= 4 is 0 Å². The highest BCUT2D eigenvalue weighted by Gasteiger charge is 2.35. The van der Waals surface area contributed by atoms with Crippen LogP contribution in [0.25, 0.3) is 11.1 Å². The zero-order valence-corrected chi connectivity index (χ0v) is 14.2. The molecule has 0 radical (unpaired) electrons. The van der Waals surface area contributed by atoms with Crippen molar-refractivity contribution in [2.75, 3.05) is 0 Å². The van der Waals surface area contributed by atoms with Crippen molar-refractivity contribution in [3.05, 3.63) is 89.0 Å². The van der Waals surface area contributed by atoms with Gasteiger partial charge in [-0.25, -0.2) is 8.78 Å². The molecule has 0 aromatic heterocycles. The van der Waals surface area contributed by atoms with Crippen LogP contribution < -0.4 is 4.74 Å². The van der Waals surface area contributed by atoms with Crippen molar-refractivity contribution in [2.45, 2.75) is 20.0 Å². The first-order valence-electron chi connectivity index (χ1n) is 7.96. The number of halogens is 4. The summed E-state index contributed by atoms with van der Waals surface area (Å²) in [7, 11) is 0. The van der Waals surface area contributed by atoms with Crippen molar-refractivity contribution in [1.82, 2.24) is 0 Å². The van der Waals surface area contributed by atoms with Crippen molar-refractivity contribution in [2.24, 2.45) is 0 Å². The largest absolute Gasteiger partial charge is 0.429 e. The zero-order valence-electron chi connectivity index (χ0n) is 14.2. The van der Waals surface area contributed by atoms with E-state index in [2.05, 4.69) is 4.74 Å². The molecule has 0 fully saturated rings. The van der Waals surface area contributed by atoms with Crippen molar-refractivity contribution in [1.29, 1.82) is 0 Å². The lowest BCUT2D eigenvalue weighted by atomic mass is 10.0. The molecular formula is C21H16F4O. The average Bonchev–Trinajstić information content (AvgIpc) is 2.60. The van der Waals surface area contributed by atoms with Gasteiger partial charge in [-0.05, 0) is 37.1 Å². The minimum atomic E-state index is -3.72. The molecule has 3 aromatic rings. The van der Waals surface area contributed by atoms with E-state index in [1.807, 2.05) is 31.2 Å². The lowest BCUT2D eigenvalue weighted by Crippen LogP contribution is -2.22. The van der Waals surface area contributed by atoms with E-state index in [0.29, 0.717) is 0 Å².